The Morgan fingerprint density at radius 2 is 1.87 bits per heavy atom. The Labute approximate surface area is 136 Å². The van der Waals surface area contributed by atoms with E-state index in [0.29, 0.717) is 12.0 Å². The van der Waals surface area contributed by atoms with Crippen LogP contribution in [0.25, 0.3) is 11.1 Å². The number of esters is 1. The summed E-state index contributed by atoms with van der Waals surface area (Å²) in [4.78, 5) is 12.1. The van der Waals surface area contributed by atoms with Crippen LogP contribution in [-0.2, 0) is 17.6 Å². The molecule has 3 heteroatoms. The van der Waals surface area contributed by atoms with E-state index in [4.69, 9.17) is 4.74 Å². The van der Waals surface area contributed by atoms with E-state index in [1.165, 1.54) is 5.56 Å². The summed E-state index contributed by atoms with van der Waals surface area (Å²) in [5.74, 6) is -1.01. The van der Waals surface area contributed by atoms with Crippen molar-refractivity contribution in [2.75, 3.05) is 0 Å². The molecule has 0 spiro atoms. The van der Waals surface area contributed by atoms with E-state index in [2.05, 4.69) is 6.92 Å². The van der Waals surface area contributed by atoms with Gasteiger partial charge in [-0.2, -0.15) is 0 Å². The highest BCUT2D eigenvalue weighted by molar-refractivity contribution is 5.94. The predicted molar refractivity (Wildman–Crippen MR) is 89.0 cm³/mol. The lowest BCUT2D eigenvalue weighted by Crippen LogP contribution is -2.28. The molecule has 0 aliphatic carbocycles. The number of cyclic esters (lactones) is 1. The van der Waals surface area contributed by atoms with Crippen LogP contribution in [0.5, 0.6) is 0 Å². The second-order valence-corrected chi connectivity index (χ2v) is 6.05. The van der Waals surface area contributed by atoms with Crippen molar-refractivity contribution < 1.29 is 13.9 Å². The number of fused-ring (bicyclic) bond motifs is 1. The number of aryl methyl sites for hydroxylation is 1. The maximum atomic E-state index is 14.9. The van der Waals surface area contributed by atoms with Gasteiger partial charge in [0.1, 0.15) is 11.9 Å². The molecular weight excluding hydrogens is 291 g/mol. The smallest absolute Gasteiger partial charge is 0.341 e. The molecule has 1 aliphatic rings. The summed E-state index contributed by atoms with van der Waals surface area (Å²) >= 11 is 0. The third-order valence-corrected chi connectivity index (χ3v) is 4.41. The second-order valence-electron chi connectivity index (χ2n) is 6.05. The molecule has 2 nitrogen and oxygen atoms in total. The molecule has 1 heterocycles. The van der Waals surface area contributed by atoms with E-state index in [1.807, 2.05) is 37.3 Å². The third-order valence-electron chi connectivity index (χ3n) is 4.41. The fraction of sp³-hybridized carbons (Fsp3) is 0.350. The molecule has 120 valence electrons. The Balaban J connectivity index is 1.99. The first-order valence-electron chi connectivity index (χ1n) is 8.25. The van der Waals surface area contributed by atoms with E-state index in [0.717, 1.165) is 30.4 Å². The van der Waals surface area contributed by atoms with Crippen molar-refractivity contribution in [2.45, 2.75) is 45.6 Å². The summed E-state index contributed by atoms with van der Waals surface area (Å²) in [6, 6.07) is 11.5. The first-order chi connectivity index (χ1) is 11.1. The number of hydrogen-bond acceptors (Lipinski definition) is 2. The number of ether oxygens (including phenoxy) is 1. The molecule has 1 unspecified atom stereocenters. The van der Waals surface area contributed by atoms with Crippen molar-refractivity contribution in [3.63, 3.8) is 0 Å². The topological polar surface area (TPSA) is 26.3 Å². The van der Waals surface area contributed by atoms with Crippen LogP contribution in [-0.4, -0.2) is 12.1 Å². The molecule has 0 amide bonds. The van der Waals surface area contributed by atoms with Crippen molar-refractivity contribution in [3.8, 4) is 11.1 Å². The van der Waals surface area contributed by atoms with Crippen LogP contribution in [0.15, 0.2) is 36.4 Å². The minimum absolute atomic E-state index is 0.102. The quantitative estimate of drug-likeness (QED) is 0.748. The number of benzene rings is 2. The van der Waals surface area contributed by atoms with Gasteiger partial charge in [-0.25, -0.2) is 9.18 Å². The Kier molecular flexibility index (Phi) is 4.46. The molecule has 1 aliphatic heterocycles. The molecule has 0 radical (unpaired) electrons. The van der Waals surface area contributed by atoms with Crippen molar-refractivity contribution in [1.82, 2.24) is 0 Å². The van der Waals surface area contributed by atoms with Crippen molar-refractivity contribution in [2.24, 2.45) is 0 Å². The molecule has 2 aromatic carbocycles. The van der Waals surface area contributed by atoms with E-state index >= 15 is 0 Å². The minimum atomic E-state index is -0.542. The average Bonchev–Trinajstić information content (AvgIpc) is 2.56. The third kappa shape index (κ3) is 3.00. The first kappa shape index (κ1) is 15.7. The molecule has 2 aromatic rings. The average molecular weight is 312 g/mol. The molecule has 23 heavy (non-hydrogen) atoms. The molecule has 0 bridgehead atoms. The van der Waals surface area contributed by atoms with Gasteiger partial charge in [0.2, 0.25) is 0 Å². The Morgan fingerprint density at radius 1 is 1.13 bits per heavy atom. The summed E-state index contributed by atoms with van der Waals surface area (Å²) in [5, 5.41) is 0. The van der Waals surface area contributed by atoms with Crippen LogP contribution < -0.4 is 0 Å². The van der Waals surface area contributed by atoms with Gasteiger partial charge < -0.3 is 4.74 Å². The molecule has 0 saturated carbocycles. The molecule has 0 saturated heterocycles. The van der Waals surface area contributed by atoms with Gasteiger partial charge in [0.25, 0.3) is 0 Å². The fourth-order valence-electron chi connectivity index (χ4n) is 3.09. The van der Waals surface area contributed by atoms with Crippen molar-refractivity contribution in [1.29, 1.82) is 0 Å². The van der Waals surface area contributed by atoms with E-state index in [1.54, 1.807) is 6.07 Å². The lowest BCUT2D eigenvalue weighted by Gasteiger charge is -2.24. The van der Waals surface area contributed by atoms with Crippen LogP contribution in [0.4, 0.5) is 4.39 Å². The van der Waals surface area contributed by atoms with E-state index in [-0.39, 0.29) is 11.7 Å². The Bertz CT molecular complexity index is 719. The van der Waals surface area contributed by atoms with Crippen molar-refractivity contribution in [3.05, 3.63) is 58.9 Å². The molecule has 0 aromatic heterocycles. The maximum Gasteiger partial charge on any atom is 0.341 e. The van der Waals surface area contributed by atoms with Crippen LogP contribution in [0.2, 0.25) is 0 Å². The molecular formula is C20H21FO2. The summed E-state index contributed by atoms with van der Waals surface area (Å²) in [6.45, 7) is 4.09. The summed E-state index contributed by atoms with van der Waals surface area (Å²) in [7, 11) is 0. The van der Waals surface area contributed by atoms with Gasteiger partial charge in [0, 0.05) is 12.0 Å². The normalized spacial score (nSPS) is 16.8. The van der Waals surface area contributed by atoms with Crippen LogP contribution in [0.3, 0.4) is 0 Å². The highest BCUT2D eigenvalue weighted by Crippen LogP contribution is 2.31. The fourth-order valence-corrected chi connectivity index (χ4v) is 3.09. The number of carbonyl (C=O) groups excluding carboxylic acids is 1. The highest BCUT2D eigenvalue weighted by Gasteiger charge is 2.29. The van der Waals surface area contributed by atoms with E-state index < -0.39 is 11.8 Å². The molecule has 0 fully saturated rings. The number of carbonyl (C=O) groups is 1. The number of hydrogen-bond donors (Lipinski definition) is 0. The van der Waals surface area contributed by atoms with Gasteiger partial charge in [0.05, 0.1) is 5.56 Å². The minimum Gasteiger partial charge on any atom is -0.458 e. The Morgan fingerprint density at radius 3 is 2.52 bits per heavy atom. The zero-order valence-electron chi connectivity index (χ0n) is 13.6. The Hall–Kier alpha value is -2.16. The zero-order chi connectivity index (χ0) is 16.4. The largest absolute Gasteiger partial charge is 0.458 e. The number of halogens is 1. The van der Waals surface area contributed by atoms with Gasteiger partial charge in [-0.1, -0.05) is 56.7 Å². The predicted octanol–water partition coefficient (Wildman–Crippen LogP) is 4.94. The standard InChI is InChI=1S/C20H21FO2/c1-3-5-13-6-8-14(9-7-13)17-11-10-15-12-16(4-2)23-20(22)18(15)19(17)21/h6-11,16H,3-5,12H2,1-2H3. The molecule has 0 N–H and O–H groups in total. The molecule has 1 atom stereocenters. The van der Waals surface area contributed by atoms with Gasteiger partial charge in [-0.15, -0.1) is 0 Å². The van der Waals surface area contributed by atoms with Crippen LogP contribution >= 0.6 is 0 Å². The lowest BCUT2D eigenvalue weighted by molar-refractivity contribution is 0.0243. The monoisotopic (exact) mass is 312 g/mol. The lowest BCUT2D eigenvalue weighted by atomic mass is 9.92. The zero-order valence-corrected chi connectivity index (χ0v) is 13.6. The SMILES string of the molecule is CCCc1ccc(-c2ccc3c(c2F)C(=O)OC(CC)C3)cc1. The van der Waals surface area contributed by atoms with Crippen molar-refractivity contribution >= 4 is 5.97 Å². The maximum absolute atomic E-state index is 14.9. The van der Waals surface area contributed by atoms with Gasteiger partial charge >= 0.3 is 5.97 Å². The van der Waals surface area contributed by atoms with Crippen LogP contribution in [0.1, 0.15) is 48.2 Å². The van der Waals surface area contributed by atoms with Gasteiger partial charge in [-0.3, -0.25) is 0 Å². The van der Waals surface area contributed by atoms with Crippen LogP contribution in [0, 0.1) is 5.82 Å². The second kappa shape index (κ2) is 6.53. The van der Waals surface area contributed by atoms with Gasteiger partial charge in [-0.05, 0) is 29.5 Å². The highest BCUT2D eigenvalue weighted by atomic mass is 19.1. The summed E-state index contributed by atoms with van der Waals surface area (Å²) in [6.07, 6.45) is 3.28. The first-order valence-corrected chi connectivity index (χ1v) is 8.25. The summed E-state index contributed by atoms with van der Waals surface area (Å²) in [5.41, 5.74) is 3.33. The summed E-state index contributed by atoms with van der Waals surface area (Å²) < 4.78 is 20.2. The number of rotatable bonds is 4. The van der Waals surface area contributed by atoms with E-state index in [9.17, 15) is 9.18 Å². The molecule has 3 rings (SSSR count). The van der Waals surface area contributed by atoms with Gasteiger partial charge in [0.15, 0.2) is 0 Å².